The van der Waals surface area contributed by atoms with Crippen molar-refractivity contribution in [2.24, 2.45) is 22.7 Å². The van der Waals surface area contributed by atoms with Crippen molar-refractivity contribution in [3.63, 3.8) is 0 Å². The van der Waals surface area contributed by atoms with Crippen LogP contribution in [0.25, 0.3) is 0 Å². The average Bonchev–Trinajstić information content (AvgIpc) is 2.99. The van der Waals surface area contributed by atoms with Crippen LogP contribution in [0.1, 0.15) is 88.5 Å². The highest BCUT2D eigenvalue weighted by Gasteiger charge is 2.77. The standard InChI is InChI=1S/C37H57NO13/c1-12-24-49-22-14-23-36(44,16-46-23)28-29(41)37(45)15-21(48-31(42)26(40)20(13-17(2)3)38-32(43)51-33(6,7)8)18(4)25(34(37,9)10)27(47-19(5)39)30(50-24)35(22,28)11/h12,17,20-24,26-30,40-41,44-45H,1,13-16H2,2-11H3,(H,38,43)/t20?,21-,22?,23?,24?,26+,27-,28?,29-,30-,35?,36-,37?/m0/s1. The lowest BCUT2D eigenvalue weighted by atomic mass is 9.44. The maximum Gasteiger partial charge on any atom is 0.407 e. The van der Waals surface area contributed by atoms with Crippen LogP contribution in [-0.4, -0.2) is 117 Å². The van der Waals surface area contributed by atoms with Gasteiger partial charge in [0.1, 0.15) is 29.0 Å². The molecule has 0 radical (unpaired) electrons. The smallest absolute Gasteiger partial charge is 0.407 e. The largest absolute Gasteiger partial charge is 0.456 e. The molecule has 0 spiro atoms. The van der Waals surface area contributed by atoms with Crippen LogP contribution < -0.4 is 5.32 Å². The van der Waals surface area contributed by atoms with Crippen LogP contribution in [0.15, 0.2) is 23.8 Å². The zero-order chi connectivity index (χ0) is 38.2. The van der Waals surface area contributed by atoms with Crippen LogP contribution in [-0.2, 0) is 38.0 Å². The number of alkyl carbamates (subject to hydrolysis) is 1. The highest BCUT2D eigenvalue weighted by molar-refractivity contribution is 5.77. The number of esters is 2. The van der Waals surface area contributed by atoms with Gasteiger partial charge in [-0.15, -0.1) is 0 Å². The Hall–Kier alpha value is -2.59. The summed E-state index contributed by atoms with van der Waals surface area (Å²) >= 11 is 0. The fourth-order valence-corrected chi connectivity index (χ4v) is 9.42. The Balaban J connectivity index is 1.61. The van der Waals surface area contributed by atoms with Crippen molar-refractivity contribution in [3.8, 4) is 0 Å². The molecular weight excluding hydrogens is 666 g/mol. The Morgan fingerprint density at radius 3 is 2.27 bits per heavy atom. The summed E-state index contributed by atoms with van der Waals surface area (Å²) < 4.78 is 36.0. The van der Waals surface area contributed by atoms with Crippen molar-refractivity contribution >= 4 is 18.0 Å². The fraction of sp³-hybridized carbons (Fsp3) is 0.811. The number of fused-ring (bicyclic) bond motifs is 4. The Bertz CT molecular complexity index is 1440. The fourth-order valence-electron chi connectivity index (χ4n) is 9.42. The number of hydrogen-bond donors (Lipinski definition) is 5. The van der Waals surface area contributed by atoms with Gasteiger partial charge < -0.3 is 54.2 Å². The molecule has 0 aromatic rings. The lowest BCUT2D eigenvalue weighted by Crippen LogP contribution is -2.82. The molecule has 2 saturated carbocycles. The quantitative estimate of drug-likeness (QED) is 0.139. The molecule has 51 heavy (non-hydrogen) atoms. The lowest BCUT2D eigenvalue weighted by Gasteiger charge is -2.70. The Morgan fingerprint density at radius 1 is 1.10 bits per heavy atom. The van der Waals surface area contributed by atoms with Gasteiger partial charge in [0.2, 0.25) is 0 Å². The van der Waals surface area contributed by atoms with E-state index < -0.39 is 107 Å². The van der Waals surface area contributed by atoms with Gasteiger partial charge in [0, 0.05) is 36.5 Å². The van der Waals surface area contributed by atoms with E-state index in [1.165, 1.54) is 13.0 Å². The highest BCUT2D eigenvalue weighted by Crippen LogP contribution is 2.65. The third-order valence-electron chi connectivity index (χ3n) is 11.9. The molecule has 13 atom stereocenters. The monoisotopic (exact) mass is 723 g/mol. The van der Waals surface area contributed by atoms with E-state index in [2.05, 4.69) is 11.9 Å². The molecule has 288 valence electrons. The van der Waals surface area contributed by atoms with Gasteiger partial charge in [-0.05, 0) is 57.3 Å². The van der Waals surface area contributed by atoms with E-state index in [0.29, 0.717) is 11.1 Å². The molecule has 14 nitrogen and oxygen atoms in total. The molecule has 4 fully saturated rings. The topological polar surface area (TPSA) is 200 Å². The summed E-state index contributed by atoms with van der Waals surface area (Å²) in [7, 11) is 0. The third kappa shape index (κ3) is 6.52. The van der Waals surface area contributed by atoms with Crippen LogP contribution in [0.4, 0.5) is 4.79 Å². The molecule has 0 aromatic heterocycles. The SMILES string of the molecule is C=CC1OC2CC3OC[C@@]3(O)C3[C@H](O)C4(O)C[C@H](OC(=O)[C@H](O)C(CC(C)C)NC(=O)OC(C)(C)C)C(C)=C([C@H](OC(C)=O)[C@H](O1)C23C)C4(C)C. The predicted octanol–water partition coefficient (Wildman–Crippen LogP) is 2.43. The van der Waals surface area contributed by atoms with Crippen LogP contribution in [0.5, 0.6) is 0 Å². The third-order valence-corrected chi connectivity index (χ3v) is 11.9. The molecular formula is C37H57NO13. The summed E-state index contributed by atoms with van der Waals surface area (Å²) in [5.41, 5.74) is -6.35. The maximum atomic E-state index is 13.8. The van der Waals surface area contributed by atoms with E-state index >= 15 is 0 Å². The summed E-state index contributed by atoms with van der Waals surface area (Å²) in [5, 5.41) is 51.6. The second-order valence-electron chi connectivity index (χ2n) is 17.2. The van der Waals surface area contributed by atoms with Crippen LogP contribution in [0, 0.1) is 22.7 Å². The molecule has 1 amide bonds. The molecule has 5 aliphatic rings. The lowest BCUT2D eigenvalue weighted by molar-refractivity contribution is -0.406. The van der Waals surface area contributed by atoms with E-state index in [4.69, 9.17) is 28.4 Å². The number of carbonyl (C=O) groups is 3. The molecule has 3 aliphatic carbocycles. The van der Waals surface area contributed by atoms with Crippen molar-refractivity contribution in [1.82, 2.24) is 5.32 Å². The van der Waals surface area contributed by atoms with Crippen LogP contribution in [0.2, 0.25) is 0 Å². The molecule has 2 saturated heterocycles. The first-order valence-electron chi connectivity index (χ1n) is 17.9. The van der Waals surface area contributed by atoms with E-state index in [1.54, 1.807) is 48.5 Å². The number of carbonyl (C=O) groups excluding carboxylic acids is 3. The predicted molar refractivity (Wildman–Crippen MR) is 181 cm³/mol. The van der Waals surface area contributed by atoms with E-state index in [9.17, 15) is 34.8 Å². The zero-order valence-corrected chi connectivity index (χ0v) is 31.4. The molecule has 14 heteroatoms. The molecule has 5 N–H and O–H groups in total. The van der Waals surface area contributed by atoms with Crippen molar-refractivity contribution < 1.29 is 63.2 Å². The normalized spacial score (nSPS) is 41.0. The summed E-state index contributed by atoms with van der Waals surface area (Å²) in [6.07, 6.45) is -8.54. The summed E-state index contributed by atoms with van der Waals surface area (Å²) in [5.74, 6) is -2.91. The highest BCUT2D eigenvalue weighted by atomic mass is 16.7. The maximum absolute atomic E-state index is 13.8. The summed E-state index contributed by atoms with van der Waals surface area (Å²) in [6, 6.07) is -1.08. The van der Waals surface area contributed by atoms with Crippen LogP contribution in [0.3, 0.4) is 0 Å². The molecule has 5 rings (SSSR count). The van der Waals surface area contributed by atoms with Crippen molar-refractivity contribution in [3.05, 3.63) is 23.8 Å². The summed E-state index contributed by atoms with van der Waals surface area (Å²) in [6.45, 7) is 20.7. The van der Waals surface area contributed by atoms with Gasteiger partial charge in [-0.3, -0.25) is 4.79 Å². The van der Waals surface area contributed by atoms with Gasteiger partial charge in [-0.25, -0.2) is 9.59 Å². The molecule has 2 bridgehead atoms. The second kappa shape index (κ2) is 13.4. The average molecular weight is 724 g/mol. The molecule has 2 heterocycles. The van der Waals surface area contributed by atoms with Gasteiger partial charge in [-0.2, -0.15) is 0 Å². The summed E-state index contributed by atoms with van der Waals surface area (Å²) in [4.78, 5) is 39.4. The van der Waals surface area contributed by atoms with Crippen molar-refractivity contribution in [1.29, 1.82) is 0 Å². The Kier molecular flexibility index (Phi) is 10.4. The Morgan fingerprint density at radius 2 is 1.75 bits per heavy atom. The second-order valence-corrected chi connectivity index (χ2v) is 17.2. The molecule has 7 unspecified atom stereocenters. The number of ether oxygens (including phenoxy) is 6. The van der Waals surface area contributed by atoms with Gasteiger partial charge in [0.15, 0.2) is 18.5 Å². The number of hydrogen-bond acceptors (Lipinski definition) is 13. The van der Waals surface area contributed by atoms with Gasteiger partial charge >= 0.3 is 18.0 Å². The number of aliphatic hydroxyl groups excluding tert-OH is 2. The van der Waals surface area contributed by atoms with E-state index in [-0.39, 0.29) is 31.8 Å². The van der Waals surface area contributed by atoms with Gasteiger partial charge in [0.05, 0.1) is 31.0 Å². The number of rotatable bonds is 8. The van der Waals surface area contributed by atoms with Crippen LogP contribution >= 0.6 is 0 Å². The van der Waals surface area contributed by atoms with Crippen molar-refractivity contribution in [2.45, 2.75) is 160 Å². The first-order valence-corrected chi connectivity index (χ1v) is 17.9. The first-order chi connectivity index (χ1) is 23.4. The zero-order valence-electron chi connectivity index (χ0n) is 31.4. The molecule has 0 aromatic carbocycles. The molecule has 2 aliphatic heterocycles. The number of nitrogens with one attached hydrogen (secondary N) is 1. The van der Waals surface area contributed by atoms with Gasteiger partial charge in [0.25, 0.3) is 0 Å². The minimum atomic E-state index is -2.10. The Labute approximate surface area is 299 Å². The number of amides is 1. The number of aliphatic hydroxyl groups is 4. The van der Waals surface area contributed by atoms with Gasteiger partial charge in [-0.1, -0.05) is 41.2 Å². The van der Waals surface area contributed by atoms with E-state index in [1.807, 2.05) is 13.8 Å². The minimum absolute atomic E-state index is 0.0451. The van der Waals surface area contributed by atoms with E-state index in [0.717, 1.165) is 0 Å². The van der Waals surface area contributed by atoms with Crippen molar-refractivity contribution in [2.75, 3.05) is 6.61 Å². The minimum Gasteiger partial charge on any atom is -0.456 e. The first kappa shape index (κ1) is 39.6.